The van der Waals surface area contributed by atoms with E-state index < -0.39 is 17.7 Å². The summed E-state index contributed by atoms with van der Waals surface area (Å²) in [6.07, 6.45) is -3.12. The summed E-state index contributed by atoms with van der Waals surface area (Å²) >= 11 is 0. The van der Waals surface area contributed by atoms with E-state index >= 15 is 0 Å². The van der Waals surface area contributed by atoms with Crippen molar-refractivity contribution in [2.45, 2.75) is 6.18 Å². The second-order valence-electron chi connectivity index (χ2n) is 3.25. The monoisotopic (exact) mass is 265 g/mol. The van der Waals surface area contributed by atoms with E-state index in [1.165, 1.54) is 18.3 Å². The van der Waals surface area contributed by atoms with Crippen molar-refractivity contribution in [2.24, 2.45) is 0 Å². The van der Waals surface area contributed by atoms with E-state index in [1.807, 2.05) is 0 Å². The highest BCUT2D eigenvalue weighted by Gasteiger charge is 2.27. The summed E-state index contributed by atoms with van der Waals surface area (Å²) in [5.74, 6) is 0.208. The SMILES string of the molecule is O=[N+]([O-])c1ccnc(NCCOCC(F)(F)F)c1. The first-order valence-corrected chi connectivity index (χ1v) is 4.87. The van der Waals surface area contributed by atoms with Gasteiger partial charge in [-0.25, -0.2) is 4.98 Å². The third kappa shape index (κ3) is 5.43. The second kappa shape index (κ2) is 6.15. The quantitative estimate of drug-likeness (QED) is 0.483. The van der Waals surface area contributed by atoms with E-state index in [0.717, 1.165) is 0 Å². The summed E-state index contributed by atoms with van der Waals surface area (Å²) in [4.78, 5) is 13.6. The van der Waals surface area contributed by atoms with Crippen LogP contribution in [0.15, 0.2) is 18.3 Å². The fourth-order valence-electron chi connectivity index (χ4n) is 1.07. The second-order valence-corrected chi connectivity index (χ2v) is 3.25. The number of ether oxygens (including phenoxy) is 1. The average Bonchev–Trinajstić information content (AvgIpc) is 2.27. The number of nitrogens with one attached hydrogen (secondary N) is 1. The van der Waals surface area contributed by atoms with E-state index in [-0.39, 0.29) is 24.7 Å². The summed E-state index contributed by atoms with van der Waals surface area (Å²) < 4.78 is 39.5. The van der Waals surface area contributed by atoms with Crippen LogP contribution in [0.5, 0.6) is 0 Å². The van der Waals surface area contributed by atoms with Gasteiger partial charge in [-0.2, -0.15) is 13.2 Å². The van der Waals surface area contributed by atoms with Gasteiger partial charge in [0.05, 0.1) is 17.6 Å². The van der Waals surface area contributed by atoms with Crippen LogP contribution in [-0.4, -0.2) is 35.8 Å². The largest absolute Gasteiger partial charge is 0.411 e. The molecule has 1 rings (SSSR count). The molecule has 0 spiro atoms. The van der Waals surface area contributed by atoms with Gasteiger partial charge in [-0.15, -0.1) is 0 Å². The normalized spacial score (nSPS) is 11.3. The minimum absolute atomic E-state index is 0.0737. The topological polar surface area (TPSA) is 77.3 Å². The van der Waals surface area contributed by atoms with Gasteiger partial charge in [-0.05, 0) is 0 Å². The Morgan fingerprint density at radius 2 is 2.22 bits per heavy atom. The Hall–Kier alpha value is -1.90. The lowest BCUT2D eigenvalue weighted by Crippen LogP contribution is -2.20. The van der Waals surface area contributed by atoms with Crippen molar-refractivity contribution in [1.82, 2.24) is 4.98 Å². The van der Waals surface area contributed by atoms with E-state index in [1.54, 1.807) is 0 Å². The molecule has 1 aromatic heterocycles. The predicted octanol–water partition coefficient (Wildman–Crippen LogP) is 1.98. The number of halogens is 3. The van der Waals surface area contributed by atoms with Gasteiger partial charge in [0.1, 0.15) is 12.4 Å². The fraction of sp³-hybridized carbons (Fsp3) is 0.444. The molecule has 0 saturated carbocycles. The number of nitrogens with zero attached hydrogens (tertiary/aromatic N) is 2. The molecule has 0 aliphatic rings. The smallest absolute Gasteiger partial charge is 0.370 e. The van der Waals surface area contributed by atoms with E-state index in [2.05, 4.69) is 15.0 Å². The van der Waals surface area contributed by atoms with Gasteiger partial charge in [-0.1, -0.05) is 0 Å². The summed E-state index contributed by atoms with van der Waals surface area (Å²) in [7, 11) is 0. The van der Waals surface area contributed by atoms with Crippen LogP contribution in [0.25, 0.3) is 0 Å². The van der Waals surface area contributed by atoms with Crippen LogP contribution < -0.4 is 5.32 Å². The highest BCUT2D eigenvalue weighted by Crippen LogP contribution is 2.15. The third-order valence-electron chi connectivity index (χ3n) is 1.77. The van der Waals surface area contributed by atoms with Crippen LogP contribution in [0.2, 0.25) is 0 Å². The number of hydrogen-bond donors (Lipinski definition) is 1. The molecule has 18 heavy (non-hydrogen) atoms. The number of rotatable bonds is 6. The standard InChI is InChI=1S/C9H10F3N3O3/c10-9(11,12)6-18-4-3-14-8-5-7(15(16)17)1-2-13-8/h1-2,5H,3-4,6H2,(H,13,14). The molecule has 1 N–H and O–H groups in total. The molecule has 0 radical (unpaired) electrons. The van der Waals surface area contributed by atoms with E-state index in [9.17, 15) is 23.3 Å². The van der Waals surface area contributed by atoms with Crippen molar-refractivity contribution in [1.29, 1.82) is 0 Å². The first-order chi connectivity index (χ1) is 8.38. The zero-order valence-electron chi connectivity index (χ0n) is 9.11. The number of nitro groups is 1. The zero-order valence-corrected chi connectivity index (χ0v) is 9.11. The minimum atomic E-state index is -4.36. The molecule has 0 amide bonds. The lowest BCUT2D eigenvalue weighted by Gasteiger charge is -2.08. The van der Waals surface area contributed by atoms with Crippen LogP contribution >= 0.6 is 0 Å². The molecule has 100 valence electrons. The van der Waals surface area contributed by atoms with Crippen molar-refractivity contribution in [3.8, 4) is 0 Å². The predicted molar refractivity (Wildman–Crippen MR) is 56.3 cm³/mol. The first kappa shape index (κ1) is 14.2. The molecule has 0 fully saturated rings. The van der Waals surface area contributed by atoms with E-state index in [4.69, 9.17) is 0 Å². The molecule has 6 nitrogen and oxygen atoms in total. The Kier molecular flexibility index (Phi) is 4.84. The van der Waals surface area contributed by atoms with Crippen LogP contribution in [0.3, 0.4) is 0 Å². The molecule has 0 saturated heterocycles. The zero-order chi connectivity index (χ0) is 13.6. The van der Waals surface area contributed by atoms with E-state index in [0.29, 0.717) is 0 Å². The average molecular weight is 265 g/mol. The molecule has 0 aromatic carbocycles. The van der Waals surface area contributed by atoms with Gasteiger partial charge in [-0.3, -0.25) is 10.1 Å². The lowest BCUT2D eigenvalue weighted by atomic mass is 10.4. The van der Waals surface area contributed by atoms with Crippen LogP contribution in [0, 0.1) is 10.1 Å². The summed E-state index contributed by atoms with van der Waals surface area (Å²) in [6.45, 7) is -1.43. The molecule has 0 atom stereocenters. The Morgan fingerprint density at radius 1 is 1.50 bits per heavy atom. The van der Waals surface area contributed by atoms with Crippen molar-refractivity contribution in [3.63, 3.8) is 0 Å². The molecule has 0 aliphatic carbocycles. The minimum Gasteiger partial charge on any atom is -0.370 e. The molecule has 9 heteroatoms. The van der Waals surface area contributed by atoms with Gasteiger partial charge in [0.25, 0.3) is 5.69 Å². The van der Waals surface area contributed by atoms with Gasteiger partial charge >= 0.3 is 6.18 Å². The molecular formula is C9H10F3N3O3. The van der Waals surface area contributed by atoms with Gasteiger partial charge in [0, 0.05) is 18.8 Å². The van der Waals surface area contributed by atoms with Crippen LogP contribution in [-0.2, 0) is 4.74 Å². The van der Waals surface area contributed by atoms with Crippen LogP contribution in [0.1, 0.15) is 0 Å². The molecule has 0 bridgehead atoms. The first-order valence-electron chi connectivity index (χ1n) is 4.87. The Balaban J connectivity index is 2.31. The Labute approximate surface area is 99.9 Å². The summed E-state index contributed by atoms with van der Waals surface area (Å²) in [6, 6.07) is 2.40. The van der Waals surface area contributed by atoms with Crippen molar-refractivity contribution < 1.29 is 22.8 Å². The molecule has 1 heterocycles. The third-order valence-corrected chi connectivity index (χ3v) is 1.77. The van der Waals surface area contributed by atoms with Crippen LogP contribution in [0.4, 0.5) is 24.7 Å². The molecule has 1 aromatic rings. The maximum Gasteiger partial charge on any atom is 0.411 e. The number of pyridine rings is 1. The number of aromatic nitrogens is 1. The Bertz CT molecular complexity index is 412. The molecule has 0 aliphatic heterocycles. The maximum absolute atomic E-state index is 11.7. The van der Waals surface area contributed by atoms with Crippen molar-refractivity contribution >= 4 is 11.5 Å². The number of hydrogen-bond acceptors (Lipinski definition) is 5. The van der Waals surface area contributed by atoms with Crippen molar-refractivity contribution in [3.05, 3.63) is 28.4 Å². The summed E-state index contributed by atoms with van der Waals surface area (Å²) in [5, 5.41) is 13.1. The fourth-order valence-corrected chi connectivity index (χ4v) is 1.07. The molecule has 0 unspecified atom stereocenters. The summed E-state index contributed by atoms with van der Waals surface area (Å²) in [5.41, 5.74) is -0.149. The highest BCUT2D eigenvalue weighted by molar-refractivity contribution is 5.44. The van der Waals surface area contributed by atoms with Gasteiger partial charge in [0.2, 0.25) is 0 Å². The number of alkyl halides is 3. The van der Waals surface area contributed by atoms with Crippen molar-refractivity contribution in [2.75, 3.05) is 25.1 Å². The van der Waals surface area contributed by atoms with Gasteiger partial charge < -0.3 is 10.1 Å². The molecular weight excluding hydrogens is 255 g/mol. The highest BCUT2D eigenvalue weighted by atomic mass is 19.4. The number of anilines is 1. The lowest BCUT2D eigenvalue weighted by molar-refractivity contribution is -0.384. The maximum atomic E-state index is 11.7. The Morgan fingerprint density at radius 3 is 2.83 bits per heavy atom. The van der Waals surface area contributed by atoms with Gasteiger partial charge in [0.15, 0.2) is 0 Å².